The summed E-state index contributed by atoms with van der Waals surface area (Å²) in [6.07, 6.45) is -1.28. The minimum absolute atomic E-state index is 0.000233. The van der Waals surface area contributed by atoms with E-state index >= 15 is 0 Å². The Kier molecular flexibility index (Phi) is 30.3. The summed E-state index contributed by atoms with van der Waals surface area (Å²) in [5.74, 6) is -14.1. The van der Waals surface area contributed by atoms with Crippen molar-refractivity contribution in [1.29, 1.82) is 0 Å². The molecule has 22 nitrogen and oxygen atoms in total. The van der Waals surface area contributed by atoms with E-state index < -0.39 is 150 Å². The smallest absolute Gasteiger partial charge is 0.303 e. The van der Waals surface area contributed by atoms with Crippen molar-refractivity contribution in [3.8, 4) is 0 Å². The van der Waals surface area contributed by atoms with Crippen LogP contribution in [0.15, 0.2) is 30.4 Å². The maximum atomic E-state index is 14.4. The number of carbonyl (C=O) groups is 10. The lowest BCUT2D eigenvalue weighted by molar-refractivity contribution is -0.192. The Balaban J connectivity index is 0.000000575. The summed E-state index contributed by atoms with van der Waals surface area (Å²) >= 11 is 0. The van der Waals surface area contributed by atoms with Crippen LogP contribution in [0.2, 0.25) is 0 Å². The lowest BCUT2D eigenvalue weighted by atomic mass is 9.98. The topological polar surface area (TPSA) is 284 Å². The molecule has 0 saturated carbocycles. The fourth-order valence-electron chi connectivity index (χ4n) is 8.41. The van der Waals surface area contributed by atoms with Gasteiger partial charge in [0.25, 0.3) is 11.8 Å². The van der Waals surface area contributed by atoms with Crippen molar-refractivity contribution in [3.05, 3.63) is 59.2 Å². The van der Waals surface area contributed by atoms with Gasteiger partial charge >= 0.3 is 35.8 Å². The van der Waals surface area contributed by atoms with Crippen LogP contribution in [-0.4, -0.2) is 153 Å². The molecular formula is C55H78F4N4O18. The zero-order valence-corrected chi connectivity index (χ0v) is 47.9. The van der Waals surface area contributed by atoms with Crippen molar-refractivity contribution >= 4 is 59.4 Å². The minimum Gasteiger partial charge on any atom is -0.455 e. The lowest BCUT2D eigenvalue weighted by Gasteiger charge is -2.34. The Morgan fingerprint density at radius 3 is 1.36 bits per heavy atom. The quantitative estimate of drug-likeness (QED) is 0.0368. The van der Waals surface area contributed by atoms with Crippen LogP contribution >= 0.6 is 0 Å². The first kappa shape index (κ1) is 70.1. The van der Waals surface area contributed by atoms with Gasteiger partial charge in [-0.25, -0.2) is 17.6 Å². The molecule has 2 fully saturated rings. The molecule has 0 aliphatic carbocycles. The van der Waals surface area contributed by atoms with Gasteiger partial charge in [0.2, 0.25) is 11.8 Å². The second-order valence-electron chi connectivity index (χ2n) is 19.4. The SMILES string of the molecule is CCC(C)/C=C/[C@@H](OC(C)=O)[C@H](OC(C)=O)[C@@H](OC(C)=O)[C@@H](OC)C(=O)N[C@H]1CCCCN(Cc2c(F)c(F)cc(F)c2F)C1=O.CCC(C)/C=C/[C@@H](OC(C)=O)[C@H](OC(C)=O)[C@@H](OC(C)=O)[C@@H](OC)C(=O)N[C@H]1CCCCNC1=O. The van der Waals surface area contributed by atoms with Crippen molar-refractivity contribution in [2.45, 2.75) is 188 Å². The molecular weight excluding hydrogens is 1080 g/mol. The number of nitrogens with zero attached hydrogens (tertiary/aromatic N) is 1. The van der Waals surface area contributed by atoms with Crippen molar-refractivity contribution in [2.24, 2.45) is 11.8 Å². The number of rotatable bonds is 26. The molecule has 26 heteroatoms. The number of esters is 6. The van der Waals surface area contributed by atoms with Crippen molar-refractivity contribution in [1.82, 2.24) is 20.9 Å². The Bertz CT molecular complexity index is 2380. The molecule has 2 aliphatic rings. The minimum atomic E-state index is -1.74. The third-order valence-electron chi connectivity index (χ3n) is 12.8. The summed E-state index contributed by atoms with van der Waals surface area (Å²) in [4.78, 5) is 126. The van der Waals surface area contributed by atoms with Gasteiger partial charge in [-0.05, 0) is 62.5 Å². The maximum absolute atomic E-state index is 14.4. The van der Waals surface area contributed by atoms with Crippen LogP contribution in [0.3, 0.4) is 0 Å². The molecule has 3 rings (SSSR count). The van der Waals surface area contributed by atoms with Gasteiger partial charge in [-0.1, -0.05) is 52.7 Å². The van der Waals surface area contributed by atoms with Crippen LogP contribution in [-0.2, 0) is 92.4 Å². The van der Waals surface area contributed by atoms with E-state index in [-0.39, 0.29) is 36.8 Å². The predicted octanol–water partition coefficient (Wildman–Crippen LogP) is 4.84. The van der Waals surface area contributed by atoms with Crippen LogP contribution in [0.4, 0.5) is 17.6 Å². The highest BCUT2D eigenvalue weighted by Crippen LogP contribution is 2.26. The Labute approximate surface area is 469 Å². The first-order valence-corrected chi connectivity index (χ1v) is 26.5. The van der Waals surface area contributed by atoms with Gasteiger partial charge in [0.15, 0.2) is 72.1 Å². The molecule has 2 heterocycles. The lowest BCUT2D eigenvalue weighted by Crippen LogP contribution is -2.58. The fraction of sp³-hybridized carbons (Fsp3) is 0.636. The molecule has 1 aromatic rings. The number of amides is 4. The van der Waals surface area contributed by atoms with E-state index in [4.69, 9.17) is 37.9 Å². The van der Waals surface area contributed by atoms with E-state index in [0.717, 1.165) is 65.9 Å². The average Bonchev–Trinajstić information content (AvgIpc) is 3.70. The number of hydrogen-bond donors (Lipinski definition) is 3. The molecule has 2 saturated heterocycles. The maximum Gasteiger partial charge on any atom is 0.303 e. The number of likely N-dealkylation sites (tertiary alicyclic amines) is 1. The first-order chi connectivity index (χ1) is 38.1. The average molecular weight is 1160 g/mol. The normalized spacial score (nSPS) is 19.4. The third kappa shape index (κ3) is 23.2. The molecule has 0 spiro atoms. The second kappa shape index (κ2) is 35.0. The number of nitrogens with one attached hydrogen (secondary N) is 3. The van der Waals surface area contributed by atoms with Crippen LogP contribution in [0.25, 0.3) is 0 Å². The van der Waals surface area contributed by atoms with Crippen molar-refractivity contribution in [3.63, 3.8) is 0 Å². The van der Waals surface area contributed by atoms with Gasteiger partial charge < -0.3 is 58.7 Å². The largest absolute Gasteiger partial charge is 0.455 e. The van der Waals surface area contributed by atoms with Crippen LogP contribution in [0, 0.1) is 35.1 Å². The molecule has 3 N–H and O–H groups in total. The first-order valence-electron chi connectivity index (χ1n) is 26.5. The molecule has 1 aromatic carbocycles. The van der Waals surface area contributed by atoms with Gasteiger partial charge in [0.05, 0.1) is 6.54 Å². The third-order valence-corrected chi connectivity index (χ3v) is 12.8. The van der Waals surface area contributed by atoms with E-state index in [2.05, 4.69) is 16.0 Å². The molecule has 81 heavy (non-hydrogen) atoms. The van der Waals surface area contributed by atoms with E-state index in [1.807, 2.05) is 27.7 Å². The van der Waals surface area contributed by atoms with E-state index in [0.29, 0.717) is 32.2 Å². The van der Waals surface area contributed by atoms with Gasteiger partial charge in [-0.15, -0.1) is 0 Å². The van der Waals surface area contributed by atoms with E-state index in [1.54, 1.807) is 12.2 Å². The number of halogens is 4. The Morgan fingerprint density at radius 1 is 0.580 bits per heavy atom. The number of benzene rings is 1. The van der Waals surface area contributed by atoms with Crippen LogP contribution < -0.4 is 16.0 Å². The zero-order chi connectivity index (χ0) is 61.3. The molecule has 4 amide bonds. The molecule has 0 radical (unpaired) electrons. The second-order valence-corrected chi connectivity index (χ2v) is 19.4. The van der Waals surface area contributed by atoms with Crippen molar-refractivity contribution in [2.75, 3.05) is 27.3 Å². The van der Waals surface area contributed by atoms with E-state index in [1.165, 1.54) is 26.2 Å². The van der Waals surface area contributed by atoms with Gasteiger partial charge in [-0.2, -0.15) is 0 Å². The molecule has 454 valence electrons. The molecule has 2 unspecified atom stereocenters. The number of methoxy groups -OCH3 is 2. The van der Waals surface area contributed by atoms with E-state index in [9.17, 15) is 65.5 Å². The summed E-state index contributed by atoms with van der Waals surface area (Å²) < 4.78 is 99.6. The zero-order valence-electron chi connectivity index (χ0n) is 47.9. The Morgan fingerprint density at radius 2 is 0.963 bits per heavy atom. The standard InChI is InChI=1S/C31H40F4N2O9.C24H38N2O9/c1-7-16(2)11-12-24(44-17(3)38)27(45-18(4)39)28(46-19(5)40)29(43-6)30(41)36-23-10-8-9-13-37(31(23)42)15-20-25(34)21(32)14-22(33)26(20)35;1-7-14(2)11-12-19(33-15(3)27)20(34-16(4)28)21(35-17(5)29)22(32-6)24(31)26-18-10-8-9-13-25-23(18)30/h11-12,14,16,23-24,27-29H,7-10,13,15H2,1-6H3,(H,36,41);11-12,14,18-22H,7-10,13H2,1-6H3,(H,25,30)(H,26,31)/b2*12-11+/t16?,23-,24+,27-,28+,29+;14?,18-,19+,20-,21+,22+/m00/s1. The van der Waals surface area contributed by atoms with Gasteiger partial charge in [0.1, 0.15) is 12.1 Å². The summed E-state index contributed by atoms with van der Waals surface area (Å²) in [7, 11) is 2.31. The number of allylic oxidation sites excluding steroid dienone is 2. The highest BCUT2D eigenvalue weighted by atomic mass is 19.2. The summed E-state index contributed by atoms with van der Waals surface area (Å²) in [5.41, 5.74) is -0.992. The highest BCUT2D eigenvalue weighted by molar-refractivity contribution is 5.91. The molecule has 2 aliphatic heterocycles. The molecule has 12 atom stereocenters. The monoisotopic (exact) mass is 1160 g/mol. The van der Waals surface area contributed by atoms with Crippen LogP contribution in [0.5, 0.6) is 0 Å². The number of carbonyl (C=O) groups excluding carboxylic acids is 10. The molecule has 0 aromatic heterocycles. The van der Waals surface area contributed by atoms with Gasteiger partial charge in [-0.3, -0.25) is 47.9 Å². The van der Waals surface area contributed by atoms with Crippen molar-refractivity contribution < 1.29 is 103 Å². The Hall–Kier alpha value is -6.96. The van der Waals surface area contributed by atoms with Crippen LogP contribution in [0.1, 0.15) is 126 Å². The summed E-state index contributed by atoms with van der Waals surface area (Å²) in [5, 5.41) is 7.83. The number of hydrogen-bond acceptors (Lipinski definition) is 18. The highest BCUT2D eigenvalue weighted by Gasteiger charge is 2.47. The predicted molar refractivity (Wildman–Crippen MR) is 278 cm³/mol. The molecule has 0 bridgehead atoms. The summed E-state index contributed by atoms with van der Waals surface area (Å²) in [6.45, 7) is 14.0. The van der Waals surface area contributed by atoms with Gasteiger partial charge in [0, 0.05) is 80.5 Å². The summed E-state index contributed by atoms with van der Waals surface area (Å²) in [6, 6.07) is -2.04. The number of ether oxygens (including phenoxy) is 8. The fourth-order valence-corrected chi connectivity index (χ4v) is 8.41.